The second-order valence-corrected chi connectivity index (χ2v) is 6.74. The number of esters is 1. The summed E-state index contributed by atoms with van der Waals surface area (Å²) in [6.45, 7) is 7.79. The highest BCUT2D eigenvalue weighted by Gasteiger charge is 2.09. The Kier molecular flexibility index (Phi) is 7.03. The Hall–Kier alpha value is -3.12. The highest BCUT2D eigenvalue weighted by atomic mass is 16.5. The van der Waals surface area contributed by atoms with E-state index in [2.05, 4.69) is 29.0 Å². The number of hydrogen-bond donors (Lipinski definition) is 2. The third-order valence-electron chi connectivity index (χ3n) is 4.98. The van der Waals surface area contributed by atoms with Crippen LogP contribution in [0.5, 0.6) is 5.75 Å². The summed E-state index contributed by atoms with van der Waals surface area (Å²) in [6.07, 6.45) is 1.67. The van der Waals surface area contributed by atoms with Gasteiger partial charge in [-0.25, -0.2) is 4.79 Å². The molecule has 0 radical (unpaired) electrons. The van der Waals surface area contributed by atoms with Crippen LogP contribution in [0.15, 0.2) is 54.7 Å². The minimum absolute atomic E-state index is 0.174. The van der Waals surface area contributed by atoms with Gasteiger partial charge in [0.15, 0.2) is 0 Å². The number of fused-ring (bicyclic) bond motifs is 1. The lowest BCUT2D eigenvalue weighted by Crippen LogP contribution is -2.27. The zero-order valence-electron chi connectivity index (χ0n) is 16.9. The maximum Gasteiger partial charge on any atom is 0.338 e. The van der Waals surface area contributed by atoms with Gasteiger partial charge in [0.2, 0.25) is 0 Å². The van der Waals surface area contributed by atoms with Gasteiger partial charge >= 0.3 is 5.97 Å². The number of phenolic OH excluding ortho intramolecular Hbond substituents is 1. The third-order valence-corrected chi connectivity index (χ3v) is 4.98. The van der Waals surface area contributed by atoms with Crippen LogP contribution in [0.2, 0.25) is 0 Å². The Labute approximate surface area is 171 Å². The maximum absolute atomic E-state index is 12.2. The molecule has 29 heavy (non-hydrogen) atoms. The number of rotatable bonds is 9. The van der Waals surface area contributed by atoms with E-state index in [9.17, 15) is 9.90 Å². The highest BCUT2D eigenvalue weighted by molar-refractivity contribution is 5.90. The van der Waals surface area contributed by atoms with Crippen LogP contribution in [-0.2, 0) is 11.3 Å². The van der Waals surface area contributed by atoms with E-state index in [1.807, 2.05) is 30.3 Å². The first-order valence-corrected chi connectivity index (χ1v) is 9.91. The van der Waals surface area contributed by atoms with E-state index < -0.39 is 0 Å². The van der Waals surface area contributed by atoms with Gasteiger partial charge in [-0.1, -0.05) is 26.0 Å². The average molecular weight is 393 g/mol. The molecule has 0 atom stereocenters. The van der Waals surface area contributed by atoms with Crippen molar-refractivity contribution in [3.63, 3.8) is 0 Å². The third kappa shape index (κ3) is 5.23. The number of carbonyl (C=O) groups excluding carboxylic acids is 1. The Morgan fingerprint density at radius 2 is 1.86 bits per heavy atom. The minimum atomic E-state index is -0.306. The summed E-state index contributed by atoms with van der Waals surface area (Å²) in [5.41, 5.74) is 3.06. The summed E-state index contributed by atoms with van der Waals surface area (Å²) in [5.74, 6) is -0.132. The van der Waals surface area contributed by atoms with Gasteiger partial charge in [0.1, 0.15) is 17.9 Å². The summed E-state index contributed by atoms with van der Waals surface area (Å²) in [5, 5.41) is 14.2. The molecule has 0 aliphatic carbocycles. The van der Waals surface area contributed by atoms with E-state index in [-0.39, 0.29) is 11.7 Å². The van der Waals surface area contributed by atoms with Crippen LogP contribution in [0.4, 0.5) is 5.69 Å². The van der Waals surface area contributed by atoms with E-state index in [0.29, 0.717) is 24.2 Å². The Balaban J connectivity index is 1.57. The van der Waals surface area contributed by atoms with Crippen LogP contribution in [0.1, 0.15) is 29.8 Å². The first-order valence-electron chi connectivity index (χ1n) is 9.91. The number of ether oxygens (including phenoxy) is 1. The number of anilines is 1. The van der Waals surface area contributed by atoms with E-state index in [1.165, 1.54) is 0 Å². The summed E-state index contributed by atoms with van der Waals surface area (Å²) in [4.78, 5) is 18.6. The molecule has 6 nitrogen and oxygen atoms in total. The molecule has 2 N–H and O–H groups in total. The van der Waals surface area contributed by atoms with Crippen molar-refractivity contribution >= 4 is 22.6 Å². The summed E-state index contributed by atoms with van der Waals surface area (Å²) in [6, 6.07) is 14.6. The summed E-state index contributed by atoms with van der Waals surface area (Å²) in [7, 11) is 0. The topological polar surface area (TPSA) is 74.7 Å². The van der Waals surface area contributed by atoms with E-state index in [4.69, 9.17) is 4.74 Å². The fraction of sp³-hybridized carbons (Fsp3) is 0.304. The molecule has 0 unspecified atom stereocenters. The molecule has 0 aliphatic heterocycles. The predicted molar refractivity (Wildman–Crippen MR) is 115 cm³/mol. The SMILES string of the molecule is CCN(CC)CCOC(=O)c1ccc(NCc2ccc(O)c3ncccc23)cc1. The van der Waals surface area contributed by atoms with Crippen molar-refractivity contribution < 1.29 is 14.6 Å². The van der Waals surface area contributed by atoms with Crippen molar-refractivity contribution in [1.82, 2.24) is 9.88 Å². The van der Waals surface area contributed by atoms with Crippen molar-refractivity contribution in [2.75, 3.05) is 31.6 Å². The molecular weight excluding hydrogens is 366 g/mol. The van der Waals surface area contributed by atoms with Crippen molar-refractivity contribution in [3.8, 4) is 5.75 Å². The number of aromatic hydroxyl groups is 1. The molecule has 0 saturated heterocycles. The van der Waals surface area contributed by atoms with Gasteiger partial charge in [0.05, 0.1) is 5.56 Å². The van der Waals surface area contributed by atoms with Gasteiger partial charge in [0.25, 0.3) is 0 Å². The number of likely N-dealkylation sites (N-methyl/N-ethyl adjacent to an activating group) is 1. The first kappa shape index (κ1) is 20.6. The number of phenols is 1. The van der Waals surface area contributed by atoms with Crippen LogP contribution in [0, 0.1) is 0 Å². The quantitative estimate of drug-likeness (QED) is 0.534. The largest absolute Gasteiger partial charge is 0.506 e. The van der Waals surface area contributed by atoms with Gasteiger partial charge in [0, 0.05) is 30.4 Å². The van der Waals surface area contributed by atoms with Crippen LogP contribution in [0.25, 0.3) is 10.9 Å². The molecule has 1 aromatic heterocycles. The number of hydrogen-bond acceptors (Lipinski definition) is 6. The molecule has 6 heteroatoms. The molecule has 3 aromatic rings. The molecule has 1 heterocycles. The van der Waals surface area contributed by atoms with Crippen molar-refractivity contribution in [3.05, 3.63) is 65.9 Å². The fourth-order valence-electron chi connectivity index (χ4n) is 3.18. The average Bonchev–Trinajstić information content (AvgIpc) is 2.77. The molecule has 152 valence electrons. The van der Waals surface area contributed by atoms with Crippen LogP contribution >= 0.6 is 0 Å². The molecule has 0 amide bonds. The number of aromatic nitrogens is 1. The lowest BCUT2D eigenvalue weighted by molar-refractivity contribution is 0.0466. The lowest BCUT2D eigenvalue weighted by Gasteiger charge is -2.17. The smallest absolute Gasteiger partial charge is 0.338 e. The van der Waals surface area contributed by atoms with Gasteiger partial charge < -0.3 is 20.1 Å². The Bertz CT molecular complexity index is 953. The summed E-state index contributed by atoms with van der Waals surface area (Å²) < 4.78 is 5.36. The number of nitrogens with one attached hydrogen (secondary N) is 1. The normalized spacial score (nSPS) is 11.0. The molecular formula is C23H27N3O3. The van der Waals surface area contributed by atoms with Crippen LogP contribution < -0.4 is 5.32 Å². The molecule has 0 fully saturated rings. The van der Waals surface area contributed by atoms with Crippen molar-refractivity contribution in [2.45, 2.75) is 20.4 Å². The first-order chi connectivity index (χ1) is 14.1. The molecule has 0 saturated carbocycles. The second kappa shape index (κ2) is 9.89. The lowest BCUT2D eigenvalue weighted by atomic mass is 10.1. The molecule has 3 rings (SSSR count). The van der Waals surface area contributed by atoms with Gasteiger partial charge in [-0.05, 0) is 55.1 Å². The number of pyridine rings is 1. The van der Waals surface area contributed by atoms with E-state index in [0.717, 1.165) is 36.3 Å². The highest BCUT2D eigenvalue weighted by Crippen LogP contribution is 2.26. The fourth-order valence-corrected chi connectivity index (χ4v) is 3.18. The number of carbonyl (C=O) groups is 1. The minimum Gasteiger partial charge on any atom is -0.506 e. The summed E-state index contributed by atoms with van der Waals surface area (Å²) >= 11 is 0. The standard InChI is InChI=1S/C23H27N3O3/c1-3-26(4-2)14-15-29-23(28)17-7-10-19(11-8-17)25-16-18-9-12-21(27)22-20(18)6-5-13-24-22/h5-13,25,27H,3-4,14-16H2,1-2H3. The monoisotopic (exact) mass is 393 g/mol. The van der Waals surface area contributed by atoms with E-state index >= 15 is 0 Å². The molecule has 2 aromatic carbocycles. The van der Waals surface area contributed by atoms with Gasteiger partial charge in [-0.3, -0.25) is 4.98 Å². The Morgan fingerprint density at radius 3 is 2.59 bits per heavy atom. The zero-order valence-corrected chi connectivity index (χ0v) is 16.9. The number of nitrogens with zero attached hydrogens (tertiary/aromatic N) is 2. The van der Waals surface area contributed by atoms with Crippen molar-refractivity contribution in [2.24, 2.45) is 0 Å². The maximum atomic E-state index is 12.2. The second-order valence-electron chi connectivity index (χ2n) is 6.74. The predicted octanol–water partition coefficient (Wildman–Crippen LogP) is 4.05. The van der Waals surface area contributed by atoms with Crippen molar-refractivity contribution in [1.29, 1.82) is 0 Å². The van der Waals surface area contributed by atoms with Crippen LogP contribution in [-0.4, -0.2) is 47.2 Å². The van der Waals surface area contributed by atoms with Gasteiger partial charge in [-0.2, -0.15) is 0 Å². The number of benzene rings is 2. The Morgan fingerprint density at radius 1 is 1.10 bits per heavy atom. The zero-order chi connectivity index (χ0) is 20.6. The molecule has 0 aliphatic rings. The van der Waals surface area contributed by atoms with Crippen LogP contribution in [0.3, 0.4) is 0 Å². The van der Waals surface area contributed by atoms with Gasteiger partial charge in [-0.15, -0.1) is 0 Å². The van der Waals surface area contributed by atoms with E-state index in [1.54, 1.807) is 24.4 Å². The molecule has 0 bridgehead atoms. The molecule has 0 spiro atoms.